The Labute approximate surface area is 82.2 Å². The molecule has 0 aliphatic heterocycles. The van der Waals surface area contributed by atoms with Crippen molar-refractivity contribution in [2.45, 2.75) is 20.0 Å². The third-order valence-corrected chi connectivity index (χ3v) is 2.09. The number of hydrogen-bond donors (Lipinski definition) is 1. The summed E-state index contributed by atoms with van der Waals surface area (Å²) >= 11 is 0. The lowest BCUT2D eigenvalue weighted by Crippen LogP contribution is -2.06. The van der Waals surface area contributed by atoms with Crippen molar-refractivity contribution in [1.29, 1.82) is 0 Å². The molecule has 0 saturated carbocycles. The summed E-state index contributed by atoms with van der Waals surface area (Å²) in [6.07, 6.45) is 5.46. The molecule has 2 N–H and O–H groups in total. The van der Waals surface area contributed by atoms with Crippen LogP contribution < -0.4 is 5.73 Å². The van der Waals surface area contributed by atoms with Crippen molar-refractivity contribution in [2.24, 2.45) is 0 Å². The molecule has 0 fully saturated rings. The summed E-state index contributed by atoms with van der Waals surface area (Å²) in [6, 6.07) is 1.89. The Kier molecular flexibility index (Phi) is 2.22. The highest BCUT2D eigenvalue weighted by molar-refractivity contribution is 5.29. The zero-order chi connectivity index (χ0) is 9.97. The molecule has 0 aliphatic rings. The Bertz CT molecular complexity index is 401. The van der Waals surface area contributed by atoms with Gasteiger partial charge < -0.3 is 10.3 Å². The zero-order valence-electron chi connectivity index (χ0n) is 8.09. The normalized spacial score (nSPS) is 10.6. The Morgan fingerprint density at radius 2 is 2.36 bits per heavy atom. The predicted octanol–water partition coefficient (Wildman–Crippen LogP) is 0.730. The van der Waals surface area contributed by atoms with E-state index < -0.39 is 0 Å². The lowest BCUT2D eigenvalue weighted by Gasteiger charge is -2.04. The summed E-state index contributed by atoms with van der Waals surface area (Å²) in [5, 5.41) is 4.17. The lowest BCUT2D eigenvalue weighted by molar-refractivity contribution is 0.602. The topological polar surface area (TPSA) is 61.7 Å². The number of rotatable bonds is 3. The molecular weight excluding hydrogens is 178 g/mol. The summed E-state index contributed by atoms with van der Waals surface area (Å²) in [7, 11) is 0. The molecule has 2 aromatic heterocycles. The number of aromatic nitrogens is 4. The van der Waals surface area contributed by atoms with Crippen molar-refractivity contribution in [3.05, 3.63) is 30.5 Å². The lowest BCUT2D eigenvalue weighted by atomic mass is 10.4. The number of hydrogen-bond acceptors (Lipinski definition) is 3. The fraction of sp³-hybridized carbons (Fsp3) is 0.333. The van der Waals surface area contributed by atoms with Crippen molar-refractivity contribution in [2.75, 3.05) is 5.73 Å². The maximum Gasteiger partial charge on any atom is 0.145 e. The molecule has 74 valence electrons. The van der Waals surface area contributed by atoms with Crippen LogP contribution in [0.4, 0.5) is 5.82 Å². The second-order valence-corrected chi connectivity index (χ2v) is 3.11. The van der Waals surface area contributed by atoms with E-state index in [-0.39, 0.29) is 0 Å². The first kappa shape index (κ1) is 8.80. The molecule has 0 amide bonds. The third-order valence-electron chi connectivity index (χ3n) is 2.09. The largest absolute Gasteiger partial charge is 0.382 e. The molecule has 0 atom stereocenters. The van der Waals surface area contributed by atoms with Crippen molar-refractivity contribution < 1.29 is 0 Å². The molecule has 2 heterocycles. The Morgan fingerprint density at radius 1 is 1.50 bits per heavy atom. The van der Waals surface area contributed by atoms with E-state index in [2.05, 4.69) is 10.1 Å². The molecule has 5 nitrogen and oxygen atoms in total. The van der Waals surface area contributed by atoms with Crippen LogP contribution in [-0.2, 0) is 13.1 Å². The van der Waals surface area contributed by atoms with E-state index in [0.29, 0.717) is 5.82 Å². The van der Waals surface area contributed by atoms with Gasteiger partial charge in [-0.05, 0) is 6.92 Å². The summed E-state index contributed by atoms with van der Waals surface area (Å²) in [6.45, 7) is 3.64. The molecule has 0 bridgehead atoms. The standard InChI is InChI=1S/C9H13N5/c1-2-14-8(5-9(10)12-14)6-13-4-3-11-7-13/h3-5,7H,2,6H2,1H3,(H2,10,12). The fourth-order valence-corrected chi connectivity index (χ4v) is 1.45. The first-order valence-electron chi connectivity index (χ1n) is 4.57. The van der Waals surface area contributed by atoms with Gasteiger partial charge in [-0.1, -0.05) is 0 Å². The van der Waals surface area contributed by atoms with Gasteiger partial charge in [0, 0.05) is 25.0 Å². The van der Waals surface area contributed by atoms with Gasteiger partial charge in [-0.2, -0.15) is 5.10 Å². The minimum Gasteiger partial charge on any atom is -0.382 e. The van der Waals surface area contributed by atoms with Gasteiger partial charge in [-0.15, -0.1) is 0 Å². The third kappa shape index (κ3) is 1.61. The highest BCUT2D eigenvalue weighted by atomic mass is 15.3. The number of aryl methyl sites for hydroxylation is 1. The summed E-state index contributed by atoms with van der Waals surface area (Å²) in [4.78, 5) is 3.98. The summed E-state index contributed by atoms with van der Waals surface area (Å²) in [5.41, 5.74) is 6.73. The smallest absolute Gasteiger partial charge is 0.145 e. The number of nitrogens with two attached hydrogens (primary N) is 1. The van der Waals surface area contributed by atoms with Gasteiger partial charge in [0.15, 0.2) is 0 Å². The second-order valence-electron chi connectivity index (χ2n) is 3.11. The number of anilines is 1. The van der Waals surface area contributed by atoms with Gasteiger partial charge in [0.2, 0.25) is 0 Å². The van der Waals surface area contributed by atoms with Crippen LogP contribution in [0.2, 0.25) is 0 Å². The fourth-order valence-electron chi connectivity index (χ4n) is 1.45. The van der Waals surface area contributed by atoms with E-state index in [4.69, 9.17) is 5.73 Å². The first-order chi connectivity index (χ1) is 6.79. The minimum absolute atomic E-state index is 0.571. The molecule has 0 radical (unpaired) electrons. The van der Waals surface area contributed by atoms with Gasteiger partial charge in [0.25, 0.3) is 0 Å². The van der Waals surface area contributed by atoms with Crippen LogP contribution in [0.15, 0.2) is 24.8 Å². The molecule has 0 spiro atoms. The minimum atomic E-state index is 0.571. The average Bonchev–Trinajstić information content (AvgIpc) is 2.76. The van der Waals surface area contributed by atoms with Gasteiger partial charge in [0.1, 0.15) is 5.82 Å². The molecule has 2 aromatic rings. The molecule has 0 aliphatic carbocycles. The Morgan fingerprint density at radius 3 is 3.00 bits per heavy atom. The van der Waals surface area contributed by atoms with Crippen LogP contribution in [0.3, 0.4) is 0 Å². The van der Waals surface area contributed by atoms with Crippen molar-refractivity contribution in [3.8, 4) is 0 Å². The van der Waals surface area contributed by atoms with E-state index in [1.807, 2.05) is 28.4 Å². The van der Waals surface area contributed by atoms with Gasteiger partial charge in [-0.3, -0.25) is 4.68 Å². The molecule has 5 heteroatoms. The number of nitrogens with zero attached hydrogens (tertiary/aromatic N) is 4. The quantitative estimate of drug-likeness (QED) is 0.778. The van der Waals surface area contributed by atoms with E-state index in [0.717, 1.165) is 18.8 Å². The van der Waals surface area contributed by atoms with Crippen LogP contribution in [0.5, 0.6) is 0 Å². The van der Waals surface area contributed by atoms with Crippen molar-refractivity contribution >= 4 is 5.82 Å². The van der Waals surface area contributed by atoms with Crippen LogP contribution in [-0.4, -0.2) is 19.3 Å². The molecule has 0 unspecified atom stereocenters. The molecule has 14 heavy (non-hydrogen) atoms. The summed E-state index contributed by atoms with van der Waals surface area (Å²) in [5.74, 6) is 0.571. The zero-order valence-corrected chi connectivity index (χ0v) is 8.09. The van der Waals surface area contributed by atoms with Gasteiger partial charge in [0.05, 0.1) is 18.6 Å². The summed E-state index contributed by atoms with van der Waals surface area (Å²) < 4.78 is 3.89. The second kappa shape index (κ2) is 3.53. The molecular formula is C9H13N5. The van der Waals surface area contributed by atoms with E-state index in [1.54, 1.807) is 12.5 Å². The Balaban J connectivity index is 2.23. The first-order valence-corrected chi connectivity index (χ1v) is 4.57. The van der Waals surface area contributed by atoms with Crippen LogP contribution in [0, 0.1) is 0 Å². The van der Waals surface area contributed by atoms with Gasteiger partial charge >= 0.3 is 0 Å². The highest BCUT2D eigenvalue weighted by Crippen LogP contribution is 2.07. The van der Waals surface area contributed by atoms with Crippen LogP contribution >= 0.6 is 0 Å². The SMILES string of the molecule is CCn1nc(N)cc1Cn1ccnc1. The maximum absolute atomic E-state index is 5.63. The average molecular weight is 191 g/mol. The maximum atomic E-state index is 5.63. The van der Waals surface area contributed by atoms with Crippen molar-refractivity contribution in [3.63, 3.8) is 0 Å². The number of nitrogen functional groups attached to an aromatic ring is 1. The molecule has 2 rings (SSSR count). The van der Waals surface area contributed by atoms with E-state index in [9.17, 15) is 0 Å². The van der Waals surface area contributed by atoms with Crippen molar-refractivity contribution in [1.82, 2.24) is 19.3 Å². The molecule has 0 aromatic carbocycles. The highest BCUT2D eigenvalue weighted by Gasteiger charge is 2.04. The van der Waals surface area contributed by atoms with Gasteiger partial charge in [-0.25, -0.2) is 4.98 Å². The monoisotopic (exact) mass is 191 g/mol. The van der Waals surface area contributed by atoms with Crippen LogP contribution in [0.1, 0.15) is 12.6 Å². The van der Waals surface area contributed by atoms with Crippen LogP contribution in [0.25, 0.3) is 0 Å². The molecule has 0 saturated heterocycles. The predicted molar refractivity (Wildman–Crippen MR) is 53.6 cm³/mol. The van der Waals surface area contributed by atoms with E-state index in [1.165, 1.54) is 0 Å². The Hall–Kier alpha value is -1.78. The van der Waals surface area contributed by atoms with E-state index >= 15 is 0 Å². The number of imidazole rings is 1.